The molecule has 0 radical (unpaired) electrons. The lowest BCUT2D eigenvalue weighted by molar-refractivity contribution is -0.274. The maximum Gasteiger partial charge on any atom is 0.573 e. The first-order valence-electron chi connectivity index (χ1n) is 7.18. The number of hydrogen-bond acceptors (Lipinski definition) is 4. The monoisotopic (exact) mass is 409 g/mol. The number of nitrogens with zero attached hydrogens (tertiary/aromatic N) is 1. The second kappa shape index (κ2) is 7.73. The predicted octanol–water partition coefficient (Wildman–Crippen LogP) is 4.07. The molecule has 0 aliphatic rings. The summed E-state index contributed by atoms with van der Waals surface area (Å²) in [6, 6.07) is 9.23. The van der Waals surface area contributed by atoms with Gasteiger partial charge in [0.15, 0.2) is 0 Å². The first-order chi connectivity index (χ1) is 12.0. The van der Waals surface area contributed by atoms with Gasteiger partial charge in [-0.3, -0.25) is 0 Å². The van der Waals surface area contributed by atoms with E-state index in [-0.39, 0.29) is 22.0 Å². The summed E-state index contributed by atoms with van der Waals surface area (Å²) in [7, 11) is -1.35. The summed E-state index contributed by atoms with van der Waals surface area (Å²) >= 11 is 5.95. The standard InChI is InChI=1S/C16H15ClF3NO4S/c1-21(10-11-5-3-4-6-14(11)25-16(18,19)20)26(22,23)12-7-8-15(24-2)13(17)9-12/h3-9H,10H2,1-2H3. The van der Waals surface area contributed by atoms with Crippen molar-refractivity contribution in [2.45, 2.75) is 17.8 Å². The smallest absolute Gasteiger partial charge is 0.495 e. The van der Waals surface area contributed by atoms with E-state index in [0.29, 0.717) is 5.75 Å². The number of alkyl halides is 3. The molecule has 5 nitrogen and oxygen atoms in total. The van der Waals surface area contributed by atoms with Gasteiger partial charge in [0.05, 0.1) is 17.0 Å². The Hall–Kier alpha value is -1.97. The first kappa shape index (κ1) is 20.3. The molecule has 142 valence electrons. The van der Waals surface area contributed by atoms with E-state index in [1.165, 1.54) is 50.6 Å². The molecule has 0 aliphatic carbocycles. The Morgan fingerprint density at radius 1 is 1.12 bits per heavy atom. The van der Waals surface area contributed by atoms with E-state index in [1.54, 1.807) is 0 Å². The number of rotatable bonds is 6. The van der Waals surface area contributed by atoms with Crippen LogP contribution < -0.4 is 9.47 Å². The molecule has 0 N–H and O–H groups in total. The molecule has 0 saturated carbocycles. The highest BCUT2D eigenvalue weighted by Crippen LogP contribution is 2.30. The van der Waals surface area contributed by atoms with E-state index in [1.807, 2.05) is 0 Å². The summed E-state index contributed by atoms with van der Waals surface area (Å²) < 4.78 is 72.6. The Balaban J connectivity index is 2.29. The minimum atomic E-state index is -4.88. The van der Waals surface area contributed by atoms with E-state index >= 15 is 0 Å². The average Bonchev–Trinajstić information content (AvgIpc) is 2.55. The van der Waals surface area contributed by atoms with Crippen molar-refractivity contribution in [2.75, 3.05) is 14.2 Å². The molecule has 2 aromatic carbocycles. The fraction of sp³-hybridized carbons (Fsp3) is 0.250. The van der Waals surface area contributed by atoms with Crippen molar-refractivity contribution in [1.29, 1.82) is 0 Å². The third-order valence-corrected chi connectivity index (χ3v) is 5.52. The molecule has 0 unspecified atom stereocenters. The molecule has 0 heterocycles. The van der Waals surface area contributed by atoms with E-state index in [9.17, 15) is 21.6 Å². The van der Waals surface area contributed by atoms with Crippen molar-refractivity contribution in [3.63, 3.8) is 0 Å². The highest BCUT2D eigenvalue weighted by molar-refractivity contribution is 7.89. The molecular formula is C16H15ClF3NO4S. The molecule has 0 atom stereocenters. The van der Waals surface area contributed by atoms with Crippen LogP contribution in [0, 0.1) is 0 Å². The molecule has 0 amide bonds. The molecule has 2 rings (SSSR count). The summed E-state index contributed by atoms with van der Waals surface area (Å²) in [4.78, 5) is -0.111. The van der Waals surface area contributed by atoms with Crippen molar-refractivity contribution in [1.82, 2.24) is 4.31 Å². The summed E-state index contributed by atoms with van der Waals surface area (Å²) in [5, 5.41) is 0.0998. The van der Waals surface area contributed by atoms with Crippen molar-refractivity contribution in [2.24, 2.45) is 0 Å². The molecule has 0 saturated heterocycles. The number of halogens is 4. The number of sulfonamides is 1. The second-order valence-corrected chi connectivity index (χ2v) is 7.67. The Morgan fingerprint density at radius 3 is 2.35 bits per heavy atom. The lowest BCUT2D eigenvalue weighted by Gasteiger charge is -2.20. The zero-order valence-electron chi connectivity index (χ0n) is 13.7. The summed E-state index contributed by atoms with van der Waals surface area (Å²) in [5.74, 6) is -0.160. The van der Waals surface area contributed by atoms with Crippen LogP contribution in [0.1, 0.15) is 5.56 Å². The van der Waals surface area contributed by atoms with Crippen LogP contribution in [-0.4, -0.2) is 33.2 Å². The van der Waals surface area contributed by atoms with Crippen molar-refractivity contribution < 1.29 is 31.1 Å². The summed E-state index contributed by atoms with van der Waals surface area (Å²) in [5.41, 5.74) is 0.0653. The fourth-order valence-corrected chi connectivity index (χ4v) is 3.67. The largest absolute Gasteiger partial charge is 0.573 e. The highest BCUT2D eigenvalue weighted by Gasteiger charge is 2.32. The molecule has 0 fully saturated rings. The Morgan fingerprint density at radius 2 is 1.77 bits per heavy atom. The number of benzene rings is 2. The van der Waals surface area contributed by atoms with Crippen LogP contribution in [0.25, 0.3) is 0 Å². The third-order valence-electron chi connectivity index (χ3n) is 3.42. The van der Waals surface area contributed by atoms with Crippen LogP contribution in [0.4, 0.5) is 13.2 Å². The predicted molar refractivity (Wildman–Crippen MR) is 89.8 cm³/mol. The fourth-order valence-electron chi connectivity index (χ4n) is 2.17. The van der Waals surface area contributed by atoms with Crippen molar-refractivity contribution >= 4 is 21.6 Å². The minimum Gasteiger partial charge on any atom is -0.495 e. The van der Waals surface area contributed by atoms with E-state index < -0.39 is 22.1 Å². The van der Waals surface area contributed by atoms with Gasteiger partial charge < -0.3 is 9.47 Å². The van der Waals surface area contributed by atoms with Gasteiger partial charge >= 0.3 is 6.36 Å². The zero-order chi connectivity index (χ0) is 19.5. The van der Waals surface area contributed by atoms with Crippen LogP contribution in [0.3, 0.4) is 0 Å². The molecule has 10 heteroatoms. The Bertz CT molecular complexity index is 887. The number of hydrogen-bond donors (Lipinski definition) is 0. The van der Waals surface area contributed by atoms with Crippen LogP contribution in [0.5, 0.6) is 11.5 Å². The average molecular weight is 410 g/mol. The lowest BCUT2D eigenvalue weighted by atomic mass is 10.2. The van der Waals surface area contributed by atoms with Crippen molar-refractivity contribution in [3.8, 4) is 11.5 Å². The van der Waals surface area contributed by atoms with Gasteiger partial charge in [0.2, 0.25) is 10.0 Å². The van der Waals surface area contributed by atoms with Gasteiger partial charge in [0.1, 0.15) is 11.5 Å². The van der Waals surface area contributed by atoms with Crippen LogP contribution in [-0.2, 0) is 16.6 Å². The SMILES string of the molecule is COc1ccc(S(=O)(=O)N(C)Cc2ccccc2OC(F)(F)F)cc1Cl. The topological polar surface area (TPSA) is 55.8 Å². The van der Waals surface area contributed by atoms with Crippen LogP contribution in [0.15, 0.2) is 47.4 Å². The zero-order valence-corrected chi connectivity index (χ0v) is 15.3. The van der Waals surface area contributed by atoms with Gasteiger partial charge in [-0.05, 0) is 24.3 Å². The molecule has 26 heavy (non-hydrogen) atoms. The van der Waals surface area contributed by atoms with Crippen molar-refractivity contribution in [3.05, 3.63) is 53.1 Å². The lowest BCUT2D eigenvalue weighted by Crippen LogP contribution is -2.27. The maximum absolute atomic E-state index is 12.6. The number of methoxy groups -OCH3 is 1. The van der Waals surface area contributed by atoms with E-state index in [4.69, 9.17) is 16.3 Å². The van der Waals surface area contributed by atoms with Crippen LogP contribution >= 0.6 is 11.6 Å². The minimum absolute atomic E-state index is 0.0653. The van der Waals surface area contributed by atoms with E-state index in [0.717, 1.165) is 10.4 Å². The van der Waals surface area contributed by atoms with Gasteiger partial charge in [0.25, 0.3) is 0 Å². The molecule has 0 bridgehead atoms. The number of ether oxygens (including phenoxy) is 2. The van der Waals surface area contributed by atoms with Gasteiger partial charge in [-0.15, -0.1) is 13.2 Å². The second-order valence-electron chi connectivity index (χ2n) is 5.21. The molecule has 0 aromatic heterocycles. The Kier molecular flexibility index (Phi) is 6.05. The Labute approximate surface area is 153 Å². The van der Waals surface area contributed by atoms with Gasteiger partial charge in [0, 0.05) is 19.2 Å². The molecular weight excluding hydrogens is 395 g/mol. The quantitative estimate of drug-likeness (QED) is 0.721. The molecule has 0 spiro atoms. The van der Waals surface area contributed by atoms with Gasteiger partial charge in [-0.1, -0.05) is 29.8 Å². The van der Waals surface area contributed by atoms with Crippen LogP contribution in [0.2, 0.25) is 5.02 Å². The molecule has 0 aliphatic heterocycles. The summed E-state index contributed by atoms with van der Waals surface area (Å²) in [6.45, 7) is -0.321. The summed E-state index contributed by atoms with van der Waals surface area (Å²) in [6.07, 6.45) is -4.88. The normalized spacial score (nSPS) is 12.3. The van der Waals surface area contributed by atoms with E-state index in [2.05, 4.69) is 4.74 Å². The van der Waals surface area contributed by atoms with Gasteiger partial charge in [-0.25, -0.2) is 8.42 Å². The molecule has 2 aromatic rings. The third kappa shape index (κ3) is 4.80. The van der Waals surface area contributed by atoms with Gasteiger partial charge in [-0.2, -0.15) is 4.31 Å². The maximum atomic E-state index is 12.6. The highest BCUT2D eigenvalue weighted by atomic mass is 35.5. The number of para-hydroxylation sites is 1. The first-order valence-corrected chi connectivity index (χ1v) is 9.00.